The predicted octanol–water partition coefficient (Wildman–Crippen LogP) is 2.11. The van der Waals surface area contributed by atoms with E-state index in [2.05, 4.69) is 26.8 Å². The lowest BCUT2D eigenvalue weighted by molar-refractivity contribution is -0.0763. The molecular formula is C20H34O4. The van der Waals surface area contributed by atoms with Crippen LogP contribution in [0.3, 0.4) is 0 Å². The van der Waals surface area contributed by atoms with Crippen LogP contribution in [0.4, 0.5) is 0 Å². The molecule has 24 heavy (non-hydrogen) atoms. The van der Waals surface area contributed by atoms with Crippen LogP contribution in [-0.2, 0) is 0 Å². The van der Waals surface area contributed by atoms with Gasteiger partial charge in [-0.25, -0.2) is 0 Å². The molecule has 0 saturated heterocycles. The van der Waals surface area contributed by atoms with Crippen LogP contribution >= 0.6 is 0 Å². The zero-order valence-electron chi connectivity index (χ0n) is 15.4. The van der Waals surface area contributed by atoms with Crippen molar-refractivity contribution >= 4 is 0 Å². The fraction of sp³-hybridized carbons (Fsp3) is 0.900. The smallest absolute Gasteiger partial charge is 0.0709 e. The average molecular weight is 338 g/mol. The van der Waals surface area contributed by atoms with Gasteiger partial charge in [0.2, 0.25) is 0 Å². The lowest BCUT2D eigenvalue weighted by Gasteiger charge is -2.44. The van der Waals surface area contributed by atoms with E-state index in [0.29, 0.717) is 24.7 Å². The number of hydrogen-bond acceptors (Lipinski definition) is 4. The first kappa shape index (κ1) is 18.4. The summed E-state index contributed by atoms with van der Waals surface area (Å²) in [4.78, 5) is 0. The molecule has 0 heterocycles. The highest BCUT2D eigenvalue weighted by molar-refractivity contribution is 5.28. The van der Waals surface area contributed by atoms with Crippen molar-refractivity contribution in [3.8, 4) is 0 Å². The van der Waals surface area contributed by atoms with Crippen LogP contribution in [0, 0.1) is 35.0 Å². The van der Waals surface area contributed by atoms with Crippen molar-refractivity contribution in [3.05, 3.63) is 11.6 Å². The van der Waals surface area contributed by atoms with Crippen molar-refractivity contribution in [2.24, 2.45) is 35.0 Å². The van der Waals surface area contributed by atoms with Crippen LogP contribution < -0.4 is 0 Å². The van der Waals surface area contributed by atoms with Crippen molar-refractivity contribution in [1.29, 1.82) is 0 Å². The largest absolute Gasteiger partial charge is 0.396 e. The molecule has 3 rings (SSSR count). The van der Waals surface area contributed by atoms with Gasteiger partial charge in [0.15, 0.2) is 0 Å². The third-order valence-corrected chi connectivity index (χ3v) is 7.45. The summed E-state index contributed by atoms with van der Waals surface area (Å²) in [6, 6.07) is 0. The van der Waals surface area contributed by atoms with E-state index in [4.69, 9.17) is 0 Å². The molecular weight excluding hydrogens is 304 g/mol. The molecule has 3 aliphatic carbocycles. The maximum absolute atomic E-state index is 11.1. The second-order valence-corrected chi connectivity index (χ2v) is 9.38. The first-order valence-electron chi connectivity index (χ1n) is 9.51. The molecule has 4 N–H and O–H groups in total. The van der Waals surface area contributed by atoms with Crippen LogP contribution in [0.25, 0.3) is 0 Å². The van der Waals surface area contributed by atoms with Gasteiger partial charge >= 0.3 is 0 Å². The summed E-state index contributed by atoms with van der Waals surface area (Å²) in [7, 11) is 0. The van der Waals surface area contributed by atoms with Crippen molar-refractivity contribution in [3.63, 3.8) is 0 Å². The second-order valence-electron chi connectivity index (χ2n) is 9.38. The third-order valence-electron chi connectivity index (χ3n) is 7.45. The zero-order chi connectivity index (χ0) is 17.9. The predicted molar refractivity (Wildman–Crippen MR) is 93.2 cm³/mol. The molecule has 0 amide bonds. The Morgan fingerprint density at radius 3 is 2.46 bits per heavy atom. The quantitative estimate of drug-likeness (QED) is 0.581. The lowest BCUT2D eigenvalue weighted by Crippen LogP contribution is -2.46. The molecule has 3 aliphatic rings. The molecule has 2 fully saturated rings. The van der Waals surface area contributed by atoms with E-state index in [1.807, 2.05) is 6.92 Å². The van der Waals surface area contributed by atoms with Crippen LogP contribution in [0.1, 0.15) is 53.4 Å². The molecule has 2 saturated carbocycles. The van der Waals surface area contributed by atoms with Gasteiger partial charge in [-0.2, -0.15) is 0 Å². The second kappa shape index (κ2) is 6.08. The summed E-state index contributed by atoms with van der Waals surface area (Å²) in [6.45, 7) is 8.39. The topological polar surface area (TPSA) is 80.9 Å². The molecule has 4 nitrogen and oxygen atoms in total. The minimum atomic E-state index is -0.975. The number of fused-ring (bicyclic) bond motifs is 2. The van der Waals surface area contributed by atoms with E-state index in [9.17, 15) is 20.4 Å². The van der Waals surface area contributed by atoms with Crippen molar-refractivity contribution < 1.29 is 20.4 Å². The maximum Gasteiger partial charge on any atom is 0.0709 e. The van der Waals surface area contributed by atoms with Gasteiger partial charge in [-0.1, -0.05) is 32.4 Å². The fourth-order valence-corrected chi connectivity index (χ4v) is 6.04. The van der Waals surface area contributed by atoms with Gasteiger partial charge < -0.3 is 20.4 Å². The Morgan fingerprint density at radius 2 is 1.88 bits per heavy atom. The normalized spacial score (nSPS) is 54.0. The van der Waals surface area contributed by atoms with E-state index in [0.717, 1.165) is 12.8 Å². The van der Waals surface area contributed by atoms with E-state index in [1.165, 1.54) is 5.57 Å². The number of rotatable bonds is 2. The monoisotopic (exact) mass is 338 g/mol. The summed E-state index contributed by atoms with van der Waals surface area (Å²) in [5.74, 6) is 0.591. The Morgan fingerprint density at radius 1 is 1.21 bits per heavy atom. The molecule has 0 aromatic carbocycles. The molecule has 0 spiro atoms. The highest BCUT2D eigenvalue weighted by Crippen LogP contribution is 2.58. The summed E-state index contributed by atoms with van der Waals surface area (Å²) >= 11 is 0. The molecule has 138 valence electrons. The van der Waals surface area contributed by atoms with E-state index in [-0.39, 0.29) is 29.8 Å². The molecule has 0 radical (unpaired) electrons. The highest BCUT2D eigenvalue weighted by Gasteiger charge is 2.57. The molecule has 8 atom stereocenters. The fourth-order valence-electron chi connectivity index (χ4n) is 6.04. The van der Waals surface area contributed by atoms with Crippen molar-refractivity contribution in [1.82, 2.24) is 0 Å². The Labute approximate surface area is 145 Å². The summed E-state index contributed by atoms with van der Waals surface area (Å²) in [5, 5.41) is 42.3. The minimum Gasteiger partial charge on any atom is -0.396 e. The van der Waals surface area contributed by atoms with E-state index < -0.39 is 17.8 Å². The standard InChI is InChI=1S/C20H34O4/c1-11(2)13-8-17(23)19(3)9-14-12(10-21)7-16(22)18(14)20(4,24)6-5-15(13)19/h5,11-14,16-18,21-24H,6-10H2,1-4H3/b15-5-/t12-,13+,14+,16+,17-,18-,19+,20-/m0/s1. The van der Waals surface area contributed by atoms with E-state index >= 15 is 0 Å². The Kier molecular flexibility index (Phi) is 4.66. The number of aliphatic hydroxyl groups is 4. The maximum atomic E-state index is 11.1. The van der Waals surface area contributed by atoms with Gasteiger partial charge in [-0.3, -0.25) is 0 Å². The van der Waals surface area contributed by atoms with Gasteiger partial charge in [0.1, 0.15) is 0 Å². The zero-order valence-corrected chi connectivity index (χ0v) is 15.4. The average Bonchev–Trinajstić information content (AvgIpc) is 2.92. The van der Waals surface area contributed by atoms with Crippen molar-refractivity contribution in [2.45, 2.75) is 71.2 Å². The van der Waals surface area contributed by atoms with E-state index in [1.54, 1.807) is 0 Å². The third kappa shape index (κ3) is 2.66. The first-order chi connectivity index (χ1) is 11.1. The highest BCUT2D eigenvalue weighted by atomic mass is 16.3. The molecule has 0 aliphatic heterocycles. The van der Waals surface area contributed by atoms with Crippen LogP contribution in [0.2, 0.25) is 0 Å². The Balaban J connectivity index is 2.05. The Bertz CT molecular complexity index is 512. The molecule has 0 unspecified atom stereocenters. The van der Waals surface area contributed by atoms with Gasteiger partial charge in [0, 0.05) is 17.9 Å². The van der Waals surface area contributed by atoms with Crippen molar-refractivity contribution in [2.75, 3.05) is 6.61 Å². The van der Waals surface area contributed by atoms with Crippen LogP contribution in [0.5, 0.6) is 0 Å². The SMILES string of the molecule is CC(C)[C@H]1C[C@H](O)[C@]2(C)C[C@@H]3[C@H](CO)C[C@@H](O)[C@H]3[C@@](C)(O)C/C=C/12. The van der Waals surface area contributed by atoms with Gasteiger partial charge in [0.05, 0.1) is 17.8 Å². The number of aliphatic hydroxyl groups excluding tert-OH is 3. The molecule has 0 aromatic heterocycles. The summed E-state index contributed by atoms with van der Waals surface area (Å²) < 4.78 is 0. The first-order valence-corrected chi connectivity index (χ1v) is 9.51. The summed E-state index contributed by atoms with van der Waals surface area (Å²) in [5.41, 5.74) is -0.00901. The molecule has 0 aromatic rings. The summed E-state index contributed by atoms with van der Waals surface area (Å²) in [6.07, 6.45) is 3.72. The molecule has 0 bridgehead atoms. The van der Waals surface area contributed by atoms with Crippen LogP contribution in [-0.4, -0.2) is 44.8 Å². The van der Waals surface area contributed by atoms with Crippen LogP contribution in [0.15, 0.2) is 11.6 Å². The Hall–Kier alpha value is -0.420. The molecule has 4 heteroatoms. The lowest BCUT2D eigenvalue weighted by atomic mass is 9.63. The van der Waals surface area contributed by atoms with Gasteiger partial charge in [0.25, 0.3) is 0 Å². The van der Waals surface area contributed by atoms with Gasteiger partial charge in [-0.05, 0) is 56.3 Å². The minimum absolute atomic E-state index is 0.00190. The van der Waals surface area contributed by atoms with Gasteiger partial charge in [-0.15, -0.1) is 0 Å². The number of hydrogen-bond donors (Lipinski definition) is 4.